The van der Waals surface area contributed by atoms with E-state index in [0.29, 0.717) is 6.42 Å². The van der Waals surface area contributed by atoms with Gasteiger partial charge >= 0.3 is 0 Å². The highest BCUT2D eigenvalue weighted by atomic mass is 16.2. The van der Waals surface area contributed by atoms with Gasteiger partial charge in [-0.15, -0.1) is 0 Å². The lowest BCUT2D eigenvalue weighted by molar-refractivity contribution is -0.134. The number of hydrogen-bond acceptors (Lipinski definition) is 3. The van der Waals surface area contributed by atoms with Crippen molar-refractivity contribution in [3.05, 3.63) is 0 Å². The maximum Gasteiger partial charge on any atom is 0.240 e. The van der Waals surface area contributed by atoms with E-state index in [2.05, 4.69) is 0 Å². The van der Waals surface area contributed by atoms with Gasteiger partial charge < -0.3 is 10.6 Å². The Morgan fingerprint density at radius 1 is 1.36 bits per heavy atom. The predicted molar refractivity (Wildman–Crippen MR) is 51.5 cm³/mol. The summed E-state index contributed by atoms with van der Waals surface area (Å²) in [4.78, 5) is 24.4. The molecule has 1 amide bonds. The summed E-state index contributed by atoms with van der Waals surface area (Å²) in [6.45, 7) is 1.63. The Bertz CT molecular complexity index is 259. The van der Waals surface area contributed by atoms with Gasteiger partial charge in [0, 0.05) is 25.4 Å². The van der Waals surface area contributed by atoms with Crippen molar-refractivity contribution in [2.75, 3.05) is 13.1 Å². The number of amides is 1. The molecule has 14 heavy (non-hydrogen) atoms. The normalized spacial score (nSPS) is 28.8. The van der Waals surface area contributed by atoms with Crippen molar-refractivity contribution in [2.24, 2.45) is 11.7 Å². The lowest BCUT2D eigenvalue weighted by Crippen LogP contribution is -2.47. The number of piperidine rings is 1. The fourth-order valence-corrected chi connectivity index (χ4v) is 1.98. The molecule has 4 heteroatoms. The largest absolute Gasteiger partial charge is 0.341 e. The number of nitrogens with two attached hydrogens (primary N) is 1. The van der Waals surface area contributed by atoms with Crippen molar-refractivity contribution < 1.29 is 9.59 Å². The number of likely N-dealkylation sites (tertiary alicyclic amines) is 1. The Kier molecular flexibility index (Phi) is 2.54. The minimum atomic E-state index is -0.569. The average molecular weight is 196 g/mol. The Morgan fingerprint density at radius 3 is 2.43 bits per heavy atom. The summed E-state index contributed by atoms with van der Waals surface area (Å²) in [5.74, 6) is -0.0622. The van der Waals surface area contributed by atoms with Gasteiger partial charge in [-0.25, -0.2) is 0 Å². The third-order valence-corrected chi connectivity index (χ3v) is 3.06. The second-order valence-corrected chi connectivity index (χ2v) is 4.19. The van der Waals surface area contributed by atoms with E-state index in [1.54, 1.807) is 4.90 Å². The van der Waals surface area contributed by atoms with E-state index in [1.165, 1.54) is 6.42 Å². The molecule has 1 heterocycles. The van der Waals surface area contributed by atoms with E-state index in [4.69, 9.17) is 5.73 Å². The van der Waals surface area contributed by atoms with Crippen LogP contribution in [0.1, 0.15) is 25.7 Å². The molecule has 0 radical (unpaired) electrons. The molecule has 4 nitrogen and oxygen atoms in total. The summed E-state index contributed by atoms with van der Waals surface area (Å²) < 4.78 is 0. The lowest BCUT2D eigenvalue weighted by Gasteiger charge is -2.28. The second-order valence-electron chi connectivity index (χ2n) is 4.19. The van der Waals surface area contributed by atoms with E-state index in [9.17, 15) is 9.59 Å². The summed E-state index contributed by atoms with van der Waals surface area (Å²) in [6, 6.07) is -0.569. The van der Waals surface area contributed by atoms with Gasteiger partial charge in [0.2, 0.25) is 5.91 Å². The number of carbonyl (C=O) groups excluding carboxylic acids is 2. The molecule has 0 spiro atoms. The van der Waals surface area contributed by atoms with Crippen molar-refractivity contribution >= 4 is 11.7 Å². The fourth-order valence-electron chi connectivity index (χ4n) is 1.98. The molecule has 1 unspecified atom stereocenters. The van der Waals surface area contributed by atoms with Crippen molar-refractivity contribution in [1.82, 2.24) is 4.90 Å². The molecular weight excluding hydrogens is 180 g/mol. The number of nitrogens with zero attached hydrogens (tertiary/aromatic N) is 1. The van der Waals surface area contributed by atoms with Crippen LogP contribution in [0.3, 0.4) is 0 Å². The van der Waals surface area contributed by atoms with E-state index < -0.39 is 6.04 Å². The van der Waals surface area contributed by atoms with Gasteiger partial charge in [-0.1, -0.05) is 0 Å². The maximum absolute atomic E-state index is 11.8. The molecule has 1 saturated heterocycles. The van der Waals surface area contributed by atoms with Crippen LogP contribution in [0.4, 0.5) is 0 Å². The van der Waals surface area contributed by atoms with Crippen LogP contribution >= 0.6 is 0 Å². The van der Waals surface area contributed by atoms with Crippen LogP contribution in [0.15, 0.2) is 0 Å². The molecule has 2 fully saturated rings. The third-order valence-electron chi connectivity index (χ3n) is 3.06. The van der Waals surface area contributed by atoms with E-state index in [1.807, 2.05) is 0 Å². The highest BCUT2D eigenvalue weighted by Gasteiger charge is 2.44. The van der Waals surface area contributed by atoms with Crippen molar-refractivity contribution in [2.45, 2.75) is 31.7 Å². The molecule has 2 atom stereocenters. The number of Topliss-reactive ketones (excluding diaryl/α,β-unsaturated/α-hetero) is 1. The summed E-state index contributed by atoms with van der Waals surface area (Å²) in [7, 11) is 0. The first-order valence-corrected chi connectivity index (χ1v) is 5.27. The quantitative estimate of drug-likeness (QED) is 0.671. The van der Waals surface area contributed by atoms with Crippen LogP contribution in [-0.4, -0.2) is 35.7 Å². The number of carbonyl (C=O) groups is 2. The summed E-state index contributed by atoms with van der Waals surface area (Å²) >= 11 is 0. The molecule has 2 aliphatic rings. The minimum absolute atomic E-state index is 0.0273. The molecule has 1 aliphatic heterocycles. The highest BCUT2D eigenvalue weighted by molar-refractivity contribution is 6.01. The maximum atomic E-state index is 11.8. The number of hydrogen-bond donors (Lipinski definition) is 1. The summed E-state index contributed by atoms with van der Waals surface area (Å²) in [5.41, 5.74) is 5.73. The Morgan fingerprint density at radius 2 is 1.93 bits per heavy atom. The zero-order valence-corrected chi connectivity index (χ0v) is 8.24. The Labute approximate surface area is 83.4 Å². The van der Waals surface area contributed by atoms with Crippen LogP contribution in [0.25, 0.3) is 0 Å². The highest BCUT2D eigenvalue weighted by Crippen LogP contribution is 2.28. The third kappa shape index (κ3) is 1.80. The molecule has 2 rings (SSSR count). The number of rotatable bonds is 2. The zero-order valence-electron chi connectivity index (χ0n) is 8.24. The number of ketones is 1. The van der Waals surface area contributed by atoms with Gasteiger partial charge in [-0.05, 0) is 19.3 Å². The van der Waals surface area contributed by atoms with Gasteiger partial charge in [-0.2, -0.15) is 0 Å². The Hall–Kier alpha value is -0.900. The van der Waals surface area contributed by atoms with Crippen molar-refractivity contribution in [3.63, 3.8) is 0 Å². The Balaban J connectivity index is 1.89. The summed E-state index contributed by atoms with van der Waals surface area (Å²) in [5, 5.41) is 0. The van der Waals surface area contributed by atoms with Gasteiger partial charge in [0.05, 0.1) is 6.04 Å². The van der Waals surface area contributed by atoms with Crippen LogP contribution in [-0.2, 0) is 9.59 Å². The van der Waals surface area contributed by atoms with Crippen molar-refractivity contribution in [3.8, 4) is 0 Å². The van der Waals surface area contributed by atoms with E-state index >= 15 is 0 Å². The van der Waals surface area contributed by atoms with E-state index in [-0.39, 0.29) is 17.6 Å². The standard InChI is InChI=1S/C10H16N2O2/c11-9(7-6-8(7)13)10(14)12-4-2-1-3-5-12/h7,9H,1-6,11H2/t7?,9-/m0/s1. The van der Waals surface area contributed by atoms with Crippen LogP contribution in [0.2, 0.25) is 0 Å². The molecule has 1 aliphatic carbocycles. The summed E-state index contributed by atoms with van der Waals surface area (Å²) in [6.07, 6.45) is 3.83. The molecule has 2 N–H and O–H groups in total. The van der Waals surface area contributed by atoms with Crippen molar-refractivity contribution in [1.29, 1.82) is 0 Å². The van der Waals surface area contributed by atoms with E-state index in [0.717, 1.165) is 25.9 Å². The molecule has 1 saturated carbocycles. The van der Waals surface area contributed by atoms with Crippen LogP contribution < -0.4 is 5.73 Å². The lowest BCUT2D eigenvalue weighted by atomic mass is 10.1. The average Bonchev–Trinajstić information content (AvgIpc) is 2.95. The smallest absolute Gasteiger partial charge is 0.240 e. The molecule has 0 aromatic rings. The molecule has 0 aromatic heterocycles. The molecular formula is C10H16N2O2. The monoisotopic (exact) mass is 196 g/mol. The first kappa shape index (κ1) is 9.65. The topological polar surface area (TPSA) is 63.4 Å². The minimum Gasteiger partial charge on any atom is -0.341 e. The van der Waals surface area contributed by atoms with Gasteiger partial charge in [-0.3, -0.25) is 9.59 Å². The first-order valence-electron chi connectivity index (χ1n) is 5.27. The molecule has 0 aromatic carbocycles. The van der Waals surface area contributed by atoms with Gasteiger partial charge in [0.1, 0.15) is 5.78 Å². The molecule has 0 bridgehead atoms. The predicted octanol–water partition coefficient (Wildman–Crippen LogP) is -0.0848. The molecule has 78 valence electrons. The zero-order chi connectivity index (χ0) is 10.1. The van der Waals surface area contributed by atoms with Gasteiger partial charge in [0.25, 0.3) is 0 Å². The fraction of sp³-hybridized carbons (Fsp3) is 0.800. The SMILES string of the molecule is N[C@H](C(=O)N1CCCCC1)C1CC1=O. The van der Waals surface area contributed by atoms with Crippen LogP contribution in [0, 0.1) is 5.92 Å². The second kappa shape index (κ2) is 3.69. The first-order chi connectivity index (χ1) is 6.70. The van der Waals surface area contributed by atoms with Gasteiger partial charge in [0.15, 0.2) is 0 Å². The van der Waals surface area contributed by atoms with Crippen LogP contribution in [0.5, 0.6) is 0 Å².